The van der Waals surface area contributed by atoms with E-state index in [0.717, 1.165) is 18.6 Å². The number of carboxylic acids is 1. The van der Waals surface area contributed by atoms with Crippen molar-refractivity contribution in [2.45, 2.75) is 45.3 Å². The molecule has 0 bridgehead atoms. The quantitative estimate of drug-likeness (QED) is 0.789. The summed E-state index contributed by atoms with van der Waals surface area (Å²) >= 11 is 1.93. The molecule has 3 heteroatoms. The van der Waals surface area contributed by atoms with Crippen LogP contribution in [0.3, 0.4) is 0 Å². The molecule has 1 saturated carbocycles. The Morgan fingerprint density at radius 1 is 1.33 bits per heavy atom. The fourth-order valence-corrected chi connectivity index (χ4v) is 4.89. The first-order valence-electron chi connectivity index (χ1n) is 5.61. The highest BCUT2D eigenvalue weighted by atomic mass is 32.2. The molecule has 1 saturated heterocycles. The molecule has 2 unspecified atom stereocenters. The van der Waals surface area contributed by atoms with Gasteiger partial charge in [0, 0.05) is 4.75 Å². The van der Waals surface area contributed by atoms with Crippen LogP contribution >= 0.6 is 11.8 Å². The Kier molecular flexibility index (Phi) is 2.21. The topological polar surface area (TPSA) is 37.3 Å². The Hall–Kier alpha value is -0.180. The van der Waals surface area contributed by atoms with E-state index in [9.17, 15) is 9.90 Å². The molecule has 1 heterocycles. The molecular formula is C12H20O2S. The predicted molar refractivity (Wildman–Crippen MR) is 63.1 cm³/mol. The molecule has 0 radical (unpaired) electrons. The summed E-state index contributed by atoms with van der Waals surface area (Å²) in [6.45, 7) is 8.60. The highest BCUT2D eigenvalue weighted by Crippen LogP contribution is 2.72. The Bertz CT molecular complexity index is 309. The molecule has 86 valence electrons. The monoisotopic (exact) mass is 228 g/mol. The van der Waals surface area contributed by atoms with Crippen molar-refractivity contribution in [1.82, 2.24) is 0 Å². The number of carbonyl (C=O) groups is 1. The van der Waals surface area contributed by atoms with E-state index in [1.807, 2.05) is 11.8 Å². The van der Waals surface area contributed by atoms with Gasteiger partial charge < -0.3 is 5.11 Å². The van der Waals surface area contributed by atoms with Gasteiger partial charge in [-0.3, -0.25) is 4.79 Å². The first-order chi connectivity index (χ1) is 6.74. The number of carboxylic acid groups (broad SMARTS) is 1. The standard InChI is InChI=1S/C12H20O2S/c1-10(2)7-12(10,9(13)14)8-5-6-15-11(8,3)4/h8H,5-7H2,1-4H3,(H,13,14). The van der Waals surface area contributed by atoms with Gasteiger partial charge >= 0.3 is 5.97 Å². The lowest BCUT2D eigenvalue weighted by atomic mass is 9.74. The maximum Gasteiger partial charge on any atom is 0.310 e. The van der Waals surface area contributed by atoms with Crippen molar-refractivity contribution in [1.29, 1.82) is 0 Å². The van der Waals surface area contributed by atoms with E-state index in [4.69, 9.17) is 0 Å². The normalized spacial score (nSPS) is 41.5. The first kappa shape index (κ1) is 11.3. The molecule has 15 heavy (non-hydrogen) atoms. The lowest BCUT2D eigenvalue weighted by Gasteiger charge is -2.33. The van der Waals surface area contributed by atoms with Crippen LogP contribution in [0.25, 0.3) is 0 Å². The van der Waals surface area contributed by atoms with Crippen LogP contribution in [0.2, 0.25) is 0 Å². The van der Waals surface area contributed by atoms with Crippen LogP contribution in [0.1, 0.15) is 40.5 Å². The van der Waals surface area contributed by atoms with Crippen molar-refractivity contribution >= 4 is 17.7 Å². The number of hydrogen-bond donors (Lipinski definition) is 1. The van der Waals surface area contributed by atoms with E-state index in [1.165, 1.54) is 0 Å². The van der Waals surface area contributed by atoms with Crippen LogP contribution in [-0.4, -0.2) is 21.6 Å². The van der Waals surface area contributed by atoms with E-state index in [-0.39, 0.29) is 10.2 Å². The summed E-state index contributed by atoms with van der Waals surface area (Å²) in [5.41, 5.74) is -0.453. The van der Waals surface area contributed by atoms with Gasteiger partial charge in [0.25, 0.3) is 0 Å². The van der Waals surface area contributed by atoms with E-state index in [2.05, 4.69) is 27.7 Å². The molecule has 0 spiro atoms. The molecule has 2 rings (SSSR count). The second kappa shape index (κ2) is 2.93. The van der Waals surface area contributed by atoms with Gasteiger partial charge in [-0.25, -0.2) is 0 Å². The molecule has 2 atom stereocenters. The van der Waals surface area contributed by atoms with E-state index >= 15 is 0 Å². The summed E-state index contributed by atoms with van der Waals surface area (Å²) in [4.78, 5) is 11.6. The van der Waals surface area contributed by atoms with Gasteiger partial charge in [0.2, 0.25) is 0 Å². The van der Waals surface area contributed by atoms with Crippen LogP contribution in [0, 0.1) is 16.7 Å². The smallest absolute Gasteiger partial charge is 0.310 e. The fourth-order valence-electron chi connectivity index (χ4n) is 3.49. The Balaban J connectivity index is 2.33. The Morgan fingerprint density at radius 3 is 2.13 bits per heavy atom. The van der Waals surface area contributed by atoms with Gasteiger partial charge in [-0.1, -0.05) is 27.7 Å². The molecular weight excluding hydrogens is 208 g/mol. The van der Waals surface area contributed by atoms with Crippen molar-refractivity contribution in [3.8, 4) is 0 Å². The zero-order chi connectivity index (χ0) is 11.5. The first-order valence-corrected chi connectivity index (χ1v) is 6.60. The fraction of sp³-hybridized carbons (Fsp3) is 0.917. The summed E-state index contributed by atoms with van der Waals surface area (Å²) in [7, 11) is 0. The number of aliphatic carboxylic acids is 1. The molecule has 1 N–H and O–H groups in total. The Morgan fingerprint density at radius 2 is 1.87 bits per heavy atom. The lowest BCUT2D eigenvalue weighted by molar-refractivity contribution is -0.148. The second-order valence-corrected chi connectivity index (χ2v) is 7.88. The maximum absolute atomic E-state index is 11.6. The largest absolute Gasteiger partial charge is 0.481 e. The van der Waals surface area contributed by atoms with Crippen LogP contribution in [0.4, 0.5) is 0 Å². The van der Waals surface area contributed by atoms with Crippen LogP contribution in [0.15, 0.2) is 0 Å². The van der Waals surface area contributed by atoms with Crippen LogP contribution in [-0.2, 0) is 4.79 Å². The molecule has 2 fully saturated rings. The summed E-state index contributed by atoms with van der Waals surface area (Å²) < 4.78 is 0.131. The highest BCUT2D eigenvalue weighted by Gasteiger charge is 2.73. The van der Waals surface area contributed by atoms with Gasteiger partial charge in [0.15, 0.2) is 0 Å². The predicted octanol–water partition coefficient (Wildman–Crippen LogP) is 3.02. The number of hydrogen-bond acceptors (Lipinski definition) is 2. The molecule has 0 aromatic carbocycles. The number of thioether (sulfide) groups is 1. The van der Waals surface area contributed by atoms with Gasteiger partial charge in [0.1, 0.15) is 0 Å². The van der Waals surface area contributed by atoms with Crippen molar-refractivity contribution in [3.63, 3.8) is 0 Å². The minimum atomic E-state index is -0.576. The zero-order valence-corrected chi connectivity index (χ0v) is 10.8. The van der Waals surface area contributed by atoms with Crippen LogP contribution in [0.5, 0.6) is 0 Å². The summed E-state index contributed by atoms with van der Waals surface area (Å²) in [5, 5.41) is 9.52. The molecule has 2 nitrogen and oxygen atoms in total. The third-order valence-electron chi connectivity index (χ3n) is 4.50. The van der Waals surface area contributed by atoms with E-state index < -0.39 is 11.4 Å². The average molecular weight is 228 g/mol. The van der Waals surface area contributed by atoms with Crippen molar-refractivity contribution < 1.29 is 9.90 Å². The molecule has 2 aliphatic rings. The van der Waals surface area contributed by atoms with Gasteiger partial charge in [-0.2, -0.15) is 11.8 Å². The van der Waals surface area contributed by atoms with Gasteiger partial charge in [-0.15, -0.1) is 0 Å². The molecule has 0 aromatic rings. The average Bonchev–Trinajstić information content (AvgIpc) is 2.44. The molecule has 1 aliphatic carbocycles. The zero-order valence-electron chi connectivity index (χ0n) is 9.96. The van der Waals surface area contributed by atoms with Crippen molar-refractivity contribution in [3.05, 3.63) is 0 Å². The van der Waals surface area contributed by atoms with Gasteiger partial charge in [0.05, 0.1) is 5.41 Å². The maximum atomic E-state index is 11.6. The summed E-state index contributed by atoms with van der Waals surface area (Å²) in [6, 6.07) is 0. The summed E-state index contributed by atoms with van der Waals surface area (Å²) in [6.07, 6.45) is 1.91. The SMILES string of the molecule is CC1(C)SCCC1C1(C(=O)O)CC1(C)C. The molecule has 0 amide bonds. The van der Waals surface area contributed by atoms with Crippen molar-refractivity contribution in [2.75, 3.05) is 5.75 Å². The lowest BCUT2D eigenvalue weighted by Crippen LogP contribution is -2.38. The summed E-state index contributed by atoms with van der Waals surface area (Å²) in [5.74, 6) is 0.874. The van der Waals surface area contributed by atoms with Crippen LogP contribution < -0.4 is 0 Å². The van der Waals surface area contributed by atoms with E-state index in [0.29, 0.717) is 5.92 Å². The Labute approximate surface area is 95.8 Å². The third kappa shape index (κ3) is 1.35. The highest BCUT2D eigenvalue weighted by molar-refractivity contribution is 8.00. The van der Waals surface area contributed by atoms with Crippen molar-refractivity contribution in [2.24, 2.45) is 16.7 Å². The van der Waals surface area contributed by atoms with Gasteiger partial charge in [-0.05, 0) is 29.9 Å². The molecule has 0 aromatic heterocycles. The minimum Gasteiger partial charge on any atom is -0.481 e. The third-order valence-corrected chi connectivity index (χ3v) is 5.97. The number of rotatable bonds is 2. The minimum absolute atomic E-state index is 0.00826. The van der Waals surface area contributed by atoms with E-state index in [1.54, 1.807) is 0 Å². The second-order valence-electron chi connectivity index (χ2n) is 6.13. The molecule has 1 aliphatic heterocycles.